The number of rotatable bonds is 8. The Morgan fingerprint density at radius 1 is 1.00 bits per heavy atom. The van der Waals surface area contributed by atoms with Crippen molar-refractivity contribution in [2.45, 2.75) is 38.5 Å². The summed E-state index contributed by atoms with van der Waals surface area (Å²) >= 11 is 9.46. The number of methoxy groups -OCH3 is 1. The van der Waals surface area contributed by atoms with Crippen molar-refractivity contribution >= 4 is 45.2 Å². The van der Waals surface area contributed by atoms with E-state index in [9.17, 15) is 14.4 Å². The minimum Gasteiger partial charge on any atom is -0.468 e. The molecule has 0 spiro atoms. The SMILES string of the molecule is CC[C@H](C(=O)c1ccc(Cl)cc1)[C@H](c1ccc(Br)cc1)[C@@H](C(=O)OC)C(=O)N1CCCCC1. The van der Waals surface area contributed by atoms with Crippen LogP contribution in [0.4, 0.5) is 0 Å². The summed E-state index contributed by atoms with van der Waals surface area (Å²) in [4.78, 5) is 42.2. The lowest BCUT2D eigenvalue weighted by Crippen LogP contribution is -2.47. The van der Waals surface area contributed by atoms with E-state index < -0.39 is 23.7 Å². The maximum atomic E-state index is 13.7. The first-order valence-corrected chi connectivity index (χ1v) is 12.5. The standard InChI is InChI=1S/C26H29BrClNO4/c1-3-21(24(30)18-9-13-20(28)14-10-18)22(17-7-11-19(27)12-8-17)23(26(32)33-2)25(31)29-15-5-4-6-16-29/h7-14,21-23H,3-6,15-16H2,1-2H3/t21-,22-,23+/m0/s1. The van der Waals surface area contributed by atoms with Crippen LogP contribution in [0, 0.1) is 11.8 Å². The van der Waals surface area contributed by atoms with Crippen LogP contribution >= 0.6 is 27.5 Å². The molecule has 3 rings (SSSR count). The van der Waals surface area contributed by atoms with E-state index in [0.717, 1.165) is 29.3 Å². The summed E-state index contributed by atoms with van der Waals surface area (Å²) in [5.41, 5.74) is 1.26. The highest BCUT2D eigenvalue weighted by atomic mass is 79.9. The maximum absolute atomic E-state index is 13.7. The first-order valence-electron chi connectivity index (χ1n) is 11.3. The average Bonchev–Trinajstić information content (AvgIpc) is 2.84. The van der Waals surface area contributed by atoms with Gasteiger partial charge in [0.1, 0.15) is 5.92 Å². The Hall–Kier alpha value is -2.18. The van der Waals surface area contributed by atoms with Crippen LogP contribution in [0.1, 0.15) is 54.4 Å². The first kappa shape index (κ1) is 25.4. The lowest BCUT2D eigenvalue weighted by atomic mass is 9.72. The van der Waals surface area contributed by atoms with E-state index in [-0.39, 0.29) is 11.7 Å². The molecule has 0 aliphatic carbocycles. The van der Waals surface area contributed by atoms with Crippen molar-refractivity contribution in [2.75, 3.05) is 20.2 Å². The zero-order valence-corrected chi connectivity index (χ0v) is 21.3. The van der Waals surface area contributed by atoms with Gasteiger partial charge in [0.25, 0.3) is 0 Å². The van der Waals surface area contributed by atoms with Crippen molar-refractivity contribution in [1.82, 2.24) is 4.90 Å². The van der Waals surface area contributed by atoms with Gasteiger partial charge in [-0.3, -0.25) is 14.4 Å². The van der Waals surface area contributed by atoms with Gasteiger partial charge in [-0.2, -0.15) is 0 Å². The molecule has 3 atom stereocenters. The Morgan fingerprint density at radius 2 is 1.61 bits per heavy atom. The summed E-state index contributed by atoms with van der Waals surface area (Å²) in [6.45, 7) is 3.13. The van der Waals surface area contributed by atoms with Crippen molar-refractivity contribution < 1.29 is 19.1 Å². The molecule has 0 radical (unpaired) electrons. The highest BCUT2D eigenvalue weighted by molar-refractivity contribution is 9.10. The number of halogens is 2. The van der Waals surface area contributed by atoms with E-state index in [1.165, 1.54) is 7.11 Å². The maximum Gasteiger partial charge on any atom is 0.318 e. The number of carbonyl (C=O) groups is 3. The lowest BCUT2D eigenvalue weighted by molar-refractivity contribution is -0.155. The Balaban J connectivity index is 2.09. The highest BCUT2D eigenvalue weighted by Crippen LogP contribution is 2.39. The Kier molecular flexibility index (Phi) is 9.10. The van der Waals surface area contributed by atoms with Gasteiger partial charge in [-0.25, -0.2) is 0 Å². The van der Waals surface area contributed by atoms with Gasteiger partial charge in [0, 0.05) is 40.0 Å². The van der Waals surface area contributed by atoms with Crippen LogP contribution in [0.3, 0.4) is 0 Å². The number of carbonyl (C=O) groups excluding carboxylic acids is 3. The minimum absolute atomic E-state index is 0.123. The number of ketones is 1. The molecule has 176 valence electrons. The van der Waals surface area contributed by atoms with Crippen molar-refractivity contribution in [1.29, 1.82) is 0 Å². The van der Waals surface area contributed by atoms with E-state index in [4.69, 9.17) is 16.3 Å². The van der Waals surface area contributed by atoms with Gasteiger partial charge in [-0.05, 0) is 67.6 Å². The normalized spacial score (nSPS) is 16.5. The molecular weight excluding hydrogens is 506 g/mol. The van der Waals surface area contributed by atoms with Crippen LogP contribution in [-0.2, 0) is 14.3 Å². The molecule has 33 heavy (non-hydrogen) atoms. The molecule has 2 aromatic carbocycles. The summed E-state index contributed by atoms with van der Waals surface area (Å²) in [7, 11) is 1.29. The summed E-state index contributed by atoms with van der Waals surface area (Å²) in [6, 6.07) is 14.2. The van der Waals surface area contributed by atoms with E-state index in [0.29, 0.717) is 30.1 Å². The zero-order valence-electron chi connectivity index (χ0n) is 18.9. The molecule has 1 saturated heterocycles. The zero-order chi connectivity index (χ0) is 24.0. The molecule has 1 amide bonds. The molecule has 1 heterocycles. The number of likely N-dealkylation sites (tertiary alicyclic amines) is 1. The van der Waals surface area contributed by atoms with Gasteiger partial charge in [0.05, 0.1) is 7.11 Å². The van der Waals surface area contributed by atoms with Crippen molar-refractivity contribution in [3.05, 3.63) is 69.2 Å². The van der Waals surface area contributed by atoms with Crippen molar-refractivity contribution in [3.8, 4) is 0 Å². The van der Waals surface area contributed by atoms with E-state index in [1.54, 1.807) is 29.2 Å². The fraction of sp³-hybridized carbons (Fsp3) is 0.423. The molecule has 1 aliphatic heterocycles. The topological polar surface area (TPSA) is 63.7 Å². The molecule has 5 nitrogen and oxygen atoms in total. The molecule has 0 unspecified atom stereocenters. The van der Waals surface area contributed by atoms with Gasteiger partial charge in [0.2, 0.25) is 5.91 Å². The summed E-state index contributed by atoms with van der Waals surface area (Å²) < 4.78 is 6.00. The fourth-order valence-electron chi connectivity index (χ4n) is 4.61. The smallest absolute Gasteiger partial charge is 0.318 e. The van der Waals surface area contributed by atoms with Crippen LogP contribution in [0.5, 0.6) is 0 Å². The Morgan fingerprint density at radius 3 is 2.15 bits per heavy atom. The molecule has 2 aromatic rings. The number of esters is 1. The van der Waals surface area contributed by atoms with Gasteiger partial charge >= 0.3 is 5.97 Å². The summed E-state index contributed by atoms with van der Waals surface area (Å²) in [6.07, 6.45) is 3.34. The second-order valence-corrected chi connectivity index (χ2v) is 9.70. The predicted molar refractivity (Wildman–Crippen MR) is 132 cm³/mol. The Bertz CT molecular complexity index is 971. The monoisotopic (exact) mass is 533 g/mol. The highest BCUT2D eigenvalue weighted by Gasteiger charge is 2.45. The molecule has 0 aromatic heterocycles. The number of amides is 1. The third-order valence-corrected chi connectivity index (χ3v) is 7.12. The van der Waals surface area contributed by atoms with Gasteiger partial charge in [-0.1, -0.05) is 46.6 Å². The number of piperidine rings is 1. The van der Waals surface area contributed by atoms with Crippen LogP contribution in [-0.4, -0.2) is 42.8 Å². The third kappa shape index (κ3) is 6.04. The second-order valence-electron chi connectivity index (χ2n) is 8.35. The minimum atomic E-state index is -1.10. The number of hydrogen-bond acceptors (Lipinski definition) is 4. The molecule has 7 heteroatoms. The number of hydrogen-bond donors (Lipinski definition) is 0. The number of ether oxygens (including phenoxy) is 1. The third-order valence-electron chi connectivity index (χ3n) is 6.34. The molecule has 0 N–H and O–H groups in total. The van der Waals surface area contributed by atoms with Crippen molar-refractivity contribution in [3.63, 3.8) is 0 Å². The van der Waals surface area contributed by atoms with Crippen LogP contribution < -0.4 is 0 Å². The Labute approximate surface area is 208 Å². The average molecular weight is 535 g/mol. The fourth-order valence-corrected chi connectivity index (χ4v) is 5.00. The quantitative estimate of drug-likeness (QED) is 0.240. The molecule has 0 saturated carbocycles. The molecular formula is C26H29BrClNO4. The predicted octanol–water partition coefficient (Wildman–Crippen LogP) is 5.90. The van der Waals surface area contributed by atoms with E-state index in [1.807, 2.05) is 31.2 Å². The van der Waals surface area contributed by atoms with E-state index in [2.05, 4.69) is 15.9 Å². The van der Waals surface area contributed by atoms with Crippen molar-refractivity contribution in [2.24, 2.45) is 11.8 Å². The van der Waals surface area contributed by atoms with Gasteiger partial charge in [-0.15, -0.1) is 0 Å². The number of nitrogens with zero attached hydrogens (tertiary/aromatic N) is 1. The largest absolute Gasteiger partial charge is 0.468 e. The first-order chi connectivity index (χ1) is 15.9. The molecule has 0 bridgehead atoms. The summed E-state index contributed by atoms with van der Waals surface area (Å²) in [5.74, 6) is -3.35. The second kappa shape index (κ2) is 11.8. The molecule has 1 aliphatic rings. The van der Waals surface area contributed by atoms with E-state index >= 15 is 0 Å². The number of Topliss-reactive ketones (excluding diaryl/α,β-unsaturated/α-hetero) is 1. The summed E-state index contributed by atoms with van der Waals surface area (Å²) in [5, 5.41) is 0.539. The van der Waals surface area contributed by atoms with Gasteiger partial charge in [0.15, 0.2) is 5.78 Å². The van der Waals surface area contributed by atoms with Gasteiger partial charge < -0.3 is 9.64 Å². The van der Waals surface area contributed by atoms with Crippen LogP contribution in [0.2, 0.25) is 5.02 Å². The lowest BCUT2D eigenvalue weighted by Gasteiger charge is -2.35. The van der Waals surface area contributed by atoms with Crippen LogP contribution in [0.25, 0.3) is 0 Å². The number of benzene rings is 2. The van der Waals surface area contributed by atoms with Crippen LogP contribution in [0.15, 0.2) is 53.0 Å². The molecule has 1 fully saturated rings.